The lowest BCUT2D eigenvalue weighted by molar-refractivity contribution is -0.175. The average molecular weight is 455 g/mol. The van der Waals surface area contributed by atoms with E-state index in [1.54, 1.807) is 27.7 Å². The highest BCUT2D eigenvalue weighted by atomic mass is 28.4. The lowest BCUT2D eigenvalue weighted by Gasteiger charge is -2.39. The molecule has 0 saturated carbocycles. The first kappa shape index (κ1) is 25.2. The summed E-state index contributed by atoms with van der Waals surface area (Å²) >= 11 is 0. The predicted molar refractivity (Wildman–Crippen MR) is 117 cm³/mol. The minimum Gasteiger partial charge on any atom is -0.410 e. The molecule has 1 saturated heterocycles. The van der Waals surface area contributed by atoms with Crippen molar-refractivity contribution >= 4 is 20.3 Å². The number of hydrogen-bond acceptors (Lipinski definition) is 7. The monoisotopic (exact) mass is 454 g/mol. The summed E-state index contributed by atoms with van der Waals surface area (Å²) in [5.74, 6) is -1.52. The van der Waals surface area contributed by atoms with E-state index in [0.717, 1.165) is 0 Å². The van der Waals surface area contributed by atoms with Gasteiger partial charge < -0.3 is 13.9 Å². The highest BCUT2D eigenvalue weighted by Crippen LogP contribution is 2.41. The third-order valence-corrected chi connectivity index (χ3v) is 10.3. The molecule has 1 N–H and O–H groups in total. The summed E-state index contributed by atoms with van der Waals surface area (Å²) in [6, 6.07) is 0. The fraction of sp³-hybridized carbons (Fsp3) is 0.714. The Morgan fingerprint density at radius 1 is 1.16 bits per heavy atom. The lowest BCUT2D eigenvalue weighted by atomic mass is 9.97. The molecule has 0 aliphatic carbocycles. The van der Waals surface area contributed by atoms with Crippen LogP contribution < -0.4 is 11.2 Å². The third-order valence-electron chi connectivity index (χ3n) is 5.82. The van der Waals surface area contributed by atoms with Gasteiger partial charge in [0.05, 0.1) is 11.5 Å². The molecule has 0 radical (unpaired) electrons. The zero-order valence-electron chi connectivity index (χ0n) is 19.8. The van der Waals surface area contributed by atoms with Gasteiger partial charge in [0.15, 0.2) is 14.4 Å². The van der Waals surface area contributed by atoms with Gasteiger partial charge in [-0.3, -0.25) is 19.1 Å². The van der Waals surface area contributed by atoms with Crippen LogP contribution in [0.5, 0.6) is 0 Å². The number of esters is 2. The van der Waals surface area contributed by atoms with E-state index in [4.69, 9.17) is 13.9 Å². The number of nitrogens with one attached hydrogen (secondary N) is 1. The second kappa shape index (κ2) is 8.48. The number of carbonyl (C=O) groups is 2. The maximum Gasteiger partial charge on any atom is 0.345 e. The predicted octanol–water partition coefficient (Wildman–Crippen LogP) is 2.64. The second-order valence-corrected chi connectivity index (χ2v) is 15.4. The van der Waals surface area contributed by atoms with E-state index in [1.807, 2.05) is 13.1 Å². The molecular weight excluding hydrogens is 420 g/mol. The van der Waals surface area contributed by atoms with Crippen molar-refractivity contribution in [2.24, 2.45) is 5.41 Å². The van der Waals surface area contributed by atoms with Gasteiger partial charge in [-0.15, -0.1) is 0 Å². The quantitative estimate of drug-likeness (QED) is 0.422. The molecule has 31 heavy (non-hydrogen) atoms. The number of carbonyl (C=O) groups excluding carboxylic acids is 2. The third kappa shape index (κ3) is 5.61. The van der Waals surface area contributed by atoms with Crippen LogP contribution in [0.4, 0.5) is 0 Å². The maximum absolute atomic E-state index is 12.9. The first-order valence-corrected chi connectivity index (χ1v) is 13.3. The topological polar surface area (TPSA) is 117 Å². The summed E-state index contributed by atoms with van der Waals surface area (Å²) in [7, 11) is -2.32. The smallest absolute Gasteiger partial charge is 0.345 e. The van der Waals surface area contributed by atoms with Crippen LogP contribution in [0, 0.1) is 12.3 Å². The molecule has 2 heterocycles. The number of aromatic nitrogens is 2. The van der Waals surface area contributed by atoms with Crippen LogP contribution in [0.1, 0.15) is 59.8 Å². The number of aromatic amines is 1. The van der Waals surface area contributed by atoms with Crippen LogP contribution in [-0.2, 0) is 23.5 Å². The van der Waals surface area contributed by atoms with Crippen molar-refractivity contribution in [1.82, 2.24) is 9.55 Å². The van der Waals surface area contributed by atoms with Crippen LogP contribution in [0.15, 0.2) is 15.8 Å². The summed E-state index contributed by atoms with van der Waals surface area (Å²) in [5, 5.41) is -0.133. The van der Waals surface area contributed by atoms with E-state index < -0.39 is 55.4 Å². The van der Waals surface area contributed by atoms with E-state index in [-0.39, 0.29) is 11.5 Å². The number of rotatable bonds is 4. The van der Waals surface area contributed by atoms with Gasteiger partial charge in [0.2, 0.25) is 0 Å². The largest absolute Gasteiger partial charge is 0.410 e. The summed E-state index contributed by atoms with van der Waals surface area (Å²) in [5.41, 5.74) is -1.67. The summed E-state index contributed by atoms with van der Waals surface area (Å²) < 4.78 is 18.6. The van der Waals surface area contributed by atoms with Gasteiger partial charge in [0.1, 0.15) is 6.23 Å². The van der Waals surface area contributed by atoms with Crippen LogP contribution in [-0.4, -0.2) is 42.0 Å². The summed E-state index contributed by atoms with van der Waals surface area (Å²) in [6.45, 7) is 16.8. The Bertz CT molecular complexity index is 966. The van der Waals surface area contributed by atoms with E-state index in [2.05, 4.69) is 25.8 Å². The molecule has 0 amide bonds. The normalized spacial score (nSPS) is 22.4. The Morgan fingerprint density at radius 3 is 2.26 bits per heavy atom. The number of aryl methyl sites for hydroxylation is 1. The molecule has 1 aliphatic heterocycles. The zero-order valence-corrected chi connectivity index (χ0v) is 20.8. The average Bonchev–Trinajstić information content (AvgIpc) is 2.99. The zero-order chi connectivity index (χ0) is 23.9. The molecule has 1 aliphatic rings. The van der Waals surface area contributed by atoms with Crippen molar-refractivity contribution in [1.29, 1.82) is 0 Å². The van der Waals surface area contributed by atoms with Gasteiger partial charge in [0, 0.05) is 18.2 Å². The van der Waals surface area contributed by atoms with Crippen molar-refractivity contribution in [2.75, 3.05) is 0 Å². The molecule has 1 aromatic rings. The lowest BCUT2D eigenvalue weighted by Crippen LogP contribution is -2.48. The Balaban J connectivity index is 2.38. The number of H-pyrrole nitrogens is 1. The fourth-order valence-corrected chi connectivity index (χ4v) is 4.12. The van der Waals surface area contributed by atoms with Crippen molar-refractivity contribution in [3.05, 3.63) is 32.6 Å². The standard InChI is InChI=1S/C21H34N2O7Si/c1-12-11-23(19(27)22-16(12)24)14-10-13(30-31(8,9)21(5,6)7)15(28-14)17(25)29-18(26)20(2,3)4/h11,13-15H,10H2,1-9H3,(H,22,24,27)/t13?,14-,15+/m1/s1. The van der Waals surface area contributed by atoms with E-state index >= 15 is 0 Å². The van der Waals surface area contributed by atoms with Crippen LogP contribution in [0.25, 0.3) is 0 Å². The fourth-order valence-electron chi connectivity index (χ4n) is 2.79. The molecule has 0 bridgehead atoms. The van der Waals surface area contributed by atoms with Gasteiger partial charge in [-0.05, 0) is 45.8 Å². The highest BCUT2D eigenvalue weighted by molar-refractivity contribution is 6.74. The van der Waals surface area contributed by atoms with E-state index in [9.17, 15) is 19.2 Å². The number of nitrogens with zero attached hydrogens (tertiary/aromatic N) is 1. The molecule has 3 atom stereocenters. The molecule has 9 nitrogen and oxygen atoms in total. The minimum atomic E-state index is -2.32. The summed E-state index contributed by atoms with van der Waals surface area (Å²) in [4.78, 5) is 51.4. The van der Waals surface area contributed by atoms with Crippen molar-refractivity contribution in [3.8, 4) is 0 Å². The molecule has 1 unspecified atom stereocenters. The van der Waals surface area contributed by atoms with Gasteiger partial charge >= 0.3 is 17.6 Å². The molecule has 10 heteroatoms. The van der Waals surface area contributed by atoms with Crippen LogP contribution in [0.3, 0.4) is 0 Å². The van der Waals surface area contributed by atoms with Gasteiger partial charge in [-0.1, -0.05) is 20.8 Å². The van der Waals surface area contributed by atoms with Crippen molar-refractivity contribution in [2.45, 2.75) is 91.5 Å². The Hall–Kier alpha value is -2.04. The Morgan fingerprint density at radius 2 is 1.74 bits per heavy atom. The minimum absolute atomic E-state index is 0.133. The first-order valence-electron chi connectivity index (χ1n) is 10.4. The molecule has 0 aromatic carbocycles. The van der Waals surface area contributed by atoms with Gasteiger partial charge in [0.25, 0.3) is 5.56 Å². The maximum atomic E-state index is 12.9. The van der Waals surface area contributed by atoms with Crippen LogP contribution >= 0.6 is 0 Å². The first-order chi connectivity index (χ1) is 13.9. The van der Waals surface area contributed by atoms with E-state index in [0.29, 0.717) is 5.56 Å². The molecule has 2 rings (SSSR count). The van der Waals surface area contributed by atoms with E-state index in [1.165, 1.54) is 10.8 Å². The molecule has 1 fully saturated rings. The SMILES string of the molecule is Cc1cn([C@H]2CC(O[Si](C)(C)C(C)(C)C)[C@@H](C(=O)OC(=O)C(C)(C)C)O2)c(=O)[nH]c1=O. The Kier molecular flexibility index (Phi) is 6.90. The molecule has 1 aromatic heterocycles. The second-order valence-electron chi connectivity index (χ2n) is 10.6. The molecule has 0 spiro atoms. The number of hydrogen-bond donors (Lipinski definition) is 1. The summed E-state index contributed by atoms with van der Waals surface area (Å²) in [6.07, 6.45) is -1.14. The molecule has 174 valence electrons. The number of ether oxygens (including phenoxy) is 2. The molecular formula is C21H34N2O7Si. The van der Waals surface area contributed by atoms with Gasteiger partial charge in [-0.2, -0.15) is 0 Å². The Labute approximate surface area is 183 Å². The van der Waals surface area contributed by atoms with Crippen molar-refractivity contribution < 1.29 is 23.5 Å². The van der Waals surface area contributed by atoms with Gasteiger partial charge in [-0.25, -0.2) is 9.59 Å². The van der Waals surface area contributed by atoms with Crippen LogP contribution in [0.2, 0.25) is 18.1 Å². The highest BCUT2D eigenvalue weighted by Gasteiger charge is 2.49. The van der Waals surface area contributed by atoms with Crippen molar-refractivity contribution in [3.63, 3.8) is 0 Å².